The number of aliphatic hydroxyl groups excluding tert-OH is 1. The minimum atomic E-state index is -0.791. The summed E-state index contributed by atoms with van der Waals surface area (Å²) in [6, 6.07) is 7.79. The van der Waals surface area contributed by atoms with Crippen LogP contribution in [0.1, 0.15) is 25.3 Å². The van der Waals surface area contributed by atoms with Gasteiger partial charge in [0, 0.05) is 12.4 Å². The summed E-state index contributed by atoms with van der Waals surface area (Å²) >= 11 is 0. The number of hydrogen-bond donors (Lipinski definition) is 1. The number of nitrogens with zero attached hydrogens (tertiary/aromatic N) is 4. The second kappa shape index (κ2) is 7.06. The van der Waals surface area contributed by atoms with Gasteiger partial charge in [0.2, 0.25) is 0 Å². The van der Waals surface area contributed by atoms with Crippen molar-refractivity contribution >= 4 is 10.9 Å². The zero-order valence-electron chi connectivity index (χ0n) is 14.6. The molecule has 0 saturated carbocycles. The van der Waals surface area contributed by atoms with Gasteiger partial charge in [0.1, 0.15) is 24.0 Å². The quantitative estimate of drug-likeness (QED) is 0.737. The van der Waals surface area contributed by atoms with E-state index in [1.807, 2.05) is 24.3 Å². The number of aryl methyl sites for hydroxylation is 1. The molecule has 1 N–H and O–H groups in total. The molecule has 0 spiro atoms. The normalized spacial score (nSPS) is 12.7. The van der Waals surface area contributed by atoms with Crippen LogP contribution in [0.15, 0.2) is 41.5 Å². The number of hydrogen-bond acceptors (Lipinski definition) is 5. The fraction of sp³-hybridized carbons (Fsp3) is 0.389. The average Bonchev–Trinajstić information content (AvgIpc) is 3.00. The number of aliphatic hydroxyl groups is 1. The molecule has 0 radical (unpaired) electrons. The first kappa shape index (κ1) is 17.2. The van der Waals surface area contributed by atoms with E-state index in [2.05, 4.69) is 24.0 Å². The molecule has 7 nitrogen and oxygen atoms in total. The van der Waals surface area contributed by atoms with E-state index >= 15 is 0 Å². The van der Waals surface area contributed by atoms with Crippen molar-refractivity contribution in [3.05, 3.63) is 52.6 Å². The largest absolute Gasteiger partial charge is 0.491 e. The minimum Gasteiger partial charge on any atom is -0.491 e. The maximum Gasteiger partial charge on any atom is 0.292 e. The van der Waals surface area contributed by atoms with Gasteiger partial charge >= 0.3 is 0 Å². The summed E-state index contributed by atoms with van der Waals surface area (Å²) in [7, 11) is 1.58. The molecule has 3 rings (SSSR count). The zero-order valence-corrected chi connectivity index (χ0v) is 14.6. The Balaban J connectivity index is 1.73. The first-order valence-electron chi connectivity index (χ1n) is 8.25. The van der Waals surface area contributed by atoms with Crippen LogP contribution < -0.4 is 10.3 Å². The van der Waals surface area contributed by atoms with Gasteiger partial charge in [-0.2, -0.15) is 10.2 Å². The van der Waals surface area contributed by atoms with E-state index in [1.165, 1.54) is 9.36 Å². The fourth-order valence-electron chi connectivity index (χ4n) is 2.75. The number of benzene rings is 1. The Morgan fingerprint density at radius 3 is 2.68 bits per heavy atom. The van der Waals surface area contributed by atoms with Crippen molar-refractivity contribution in [2.45, 2.75) is 32.4 Å². The number of para-hydroxylation sites is 1. The Labute approximate surface area is 145 Å². The first-order chi connectivity index (χ1) is 12.0. The van der Waals surface area contributed by atoms with Gasteiger partial charge in [-0.25, -0.2) is 4.68 Å². The van der Waals surface area contributed by atoms with Crippen LogP contribution in [0.5, 0.6) is 5.75 Å². The third-order valence-electron chi connectivity index (χ3n) is 4.09. The van der Waals surface area contributed by atoms with Crippen molar-refractivity contribution in [1.82, 2.24) is 19.6 Å². The molecule has 7 heteroatoms. The number of fused-ring (bicyclic) bond motifs is 1. The Hall–Kier alpha value is -2.67. The van der Waals surface area contributed by atoms with E-state index in [0.29, 0.717) is 16.8 Å². The summed E-state index contributed by atoms with van der Waals surface area (Å²) in [5, 5.41) is 19.1. The van der Waals surface area contributed by atoms with Crippen LogP contribution in [0.3, 0.4) is 0 Å². The molecule has 1 aromatic carbocycles. The van der Waals surface area contributed by atoms with Gasteiger partial charge in [0.25, 0.3) is 5.56 Å². The van der Waals surface area contributed by atoms with Gasteiger partial charge < -0.3 is 9.84 Å². The molecule has 2 aromatic heterocycles. The minimum absolute atomic E-state index is 0.122. The topological polar surface area (TPSA) is 82.2 Å². The van der Waals surface area contributed by atoms with Crippen LogP contribution in [0.4, 0.5) is 0 Å². The van der Waals surface area contributed by atoms with Crippen molar-refractivity contribution in [2.24, 2.45) is 7.05 Å². The lowest BCUT2D eigenvalue weighted by atomic mass is 10.0. The van der Waals surface area contributed by atoms with Crippen LogP contribution in [0.2, 0.25) is 0 Å². The fourth-order valence-corrected chi connectivity index (χ4v) is 2.75. The van der Waals surface area contributed by atoms with Crippen molar-refractivity contribution in [1.29, 1.82) is 0 Å². The van der Waals surface area contributed by atoms with Crippen LogP contribution in [0.25, 0.3) is 10.9 Å². The molecule has 3 aromatic rings. The lowest BCUT2D eigenvalue weighted by molar-refractivity contribution is 0.0898. The summed E-state index contributed by atoms with van der Waals surface area (Å²) < 4.78 is 8.54. The lowest BCUT2D eigenvalue weighted by Crippen LogP contribution is -2.27. The second-order valence-corrected chi connectivity index (χ2v) is 6.36. The van der Waals surface area contributed by atoms with Crippen LogP contribution in [0, 0.1) is 0 Å². The molecule has 0 aliphatic heterocycles. The SMILES string of the molecule is CC(C)c1ccccc1OCC(O)Cn1ncc2cnn(C)c(=O)c21. The Kier molecular flexibility index (Phi) is 4.85. The maximum atomic E-state index is 12.2. The van der Waals surface area contributed by atoms with E-state index in [-0.39, 0.29) is 18.7 Å². The molecule has 0 amide bonds. The predicted octanol–water partition coefficient (Wildman–Crippen LogP) is 1.69. The highest BCUT2D eigenvalue weighted by atomic mass is 16.5. The van der Waals surface area contributed by atoms with Crippen LogP contribution in [-0.2, 0) is 13.6 Å². The summed E-state index contributed by atoms with van der Waals surface area (Å²) in [5.74, 6) is 1.10. The van der Waals surface area contributed by atoms with Gasteiger partial charge in [-0.1, -0.05) is 32.0 Å². The molecule has 0 saturated heterocycles. The molecule has 0 aliphatic carbocycles. The molecule has 0 fully saturated rings. The molecule has 1 atom stereocenters. The monoisotopic (exact) mass is 342 g/mol. The smallest absolute Gasteiger partial charge is 0.292 e. The Morgan fingerprint density at radius 1 is 1.20 bits per heavy atom. The van der Waals surface area contributed by atoms with Crippen molar-refractivity contribution in [3.8, 4) is 5.75 Å². The van der Waals surface area contributed by atoms with Gasteiger partial charge in [0.15, 0.2) is 0 Å². The highest BCUT2D eigenvalue weighted by molar-refractivity contribution is 5.76. The van der Waals surface area contributed by atoms with E-state index in [9.17, 15) is 9.90 Å². The lowest BCUT2D eigenvalue weighted by Gasteiger charge is -2.16. The molecule has 132 valence electrons. The molecular weight excluding hydrogens is 320 g/mol. The molecule has 2 heterocycles. The molecule has 0 bridgehead atoms. The maximum absolute atomic E-state index is 12.2. The van der Waals surface area contributed by atoms with Gasteiger partial charge in [-0.3, -0.25) is 9.48 Å². The third kappa shape index (κ3) is 3.56. The van der Waals surface area contributed by atoms with Crippen molar-refractivity contribution in [2.75, 3.05) is 6.61 Å². The number of rotatable bonds is 6. The van der Waals surface area contributed by atoms with Crippen LogP contribution in [-0.4, -0.2) is 37.4 Å². The highest BCUT2D eigenvalue weighted by Crippen LogP contribution is 2.25. The molecule has 1 unspecified atom stereocenters. The first-order valence-corrected chi connectivity index (χ1v) is 8.25. The van der Waals surface area contributed by atoms with Gasteiger partial charge in [-0.05, 0) is 17.5 Å². The molecular formula is C18H22N4O3. The number of ether oxygens (including phenoxy) is 1. The second-order valence-electron chi connectivity index (χ2n) is 6.36. The Bertz CT molecular complexity index is 929. The van der Waals surface area contributed by atoms with E-state index < -0.39 is 6.10 Å². The molecule has 0 aliphatic rings. The van der Waals surface area contributed by atoms with Crippen LogP contribution >= 0.6 is 0 Å². The summed E-state index contributed by atoms with van der Waals surface area (Å²) in [4.78, 5) is 12.2. The van der Waals surface area contributed by atoms with Gasteiger partial charge in [-0.15, -0.1) is 0 Å². The highest BCUT2D eigenvalue weighted by Gasteiger charge is 2.14. The number of aromatic nitrogens is 4. The summed E-state index contributed by atoms with van der Waals surface area (Å²) in [6.45, 7) is 4.49. The van der Waals surface area contributed by atoms with Crippen molar-refractivity contribution < 1.29 is 9.84 Å². The van der Waals surface area contributed by atoms with E-state index in [0.717, 1.165) is 11.3 Å². The van der Waals surface area contributed by atoms with Gasteiger partial charge in [0.05, 0.1) is 18.9 Å². The third-order valence-corrected chi connectivity index (χ3v) is 4.09. The van der Waals surface area contributed by atoms with E-state index in [4.69, 9.17) is 4.74 Å². The molecule has 25 heavy (non-hydrogen) atoms. The zero-order chi connectivity index (χ0) is 18.0. The predicted molar refractivity (Wildman–Crippen MR) is 94.8 cm³/mol. The van der Waals surface area contributed by atoms with Crippen molar-refractivity contribution in [3.63, 3.8) is 0 Å². The standard InChI is InChI=1S/C18H22N4O3/c1-12(2)15-6-4-5-7-16(15)25-11-14(23)10-22-17-13(9-20-22)8-19-21(3)18(17)24/h4-9,12,14,23H,10-11H2,1-3H3. The summed E-state index contributed by atoms with van der Waals surface area (Å²) in [6.07, 6.45) is 2.37. The van der Waals surface area contributed by atoms with E-state index in [1.54, 1.807) is 19.4 Å². The summed E-state index contributed by atoms with van der Waals surface area (Å²) in [5.41, 5.74) is 1.28. The Morgan fingerprint density at radius 2 is 1.92 bits per heavy atom. The average molecular weight is 342 g/mol.